The topological polar surface area (TPSA) is 61.9 Å². The van der Waals surface area contributed by atoms with Gasteiger partial charge in [-0.3, -0.25) is 9.48 Å². The number of anilines is 1. The number of nitriles is 1. The molecule has 1 fully saturated rings. The molecule has 1 atom stereocenters. The van der Waals surface area contributed by atoms with Crippen LogP contribution in [0.2, 0.25) is 0 Å². The highest BCUT2D eigenvalue weighted by molar-refractivity contribution is 5.95. The number of hydrogen-bond acceptors (Lipinski definition) is 4. The Morgan fingerprint density at radius 2 is 2.26 bits per heavy atom. The van der Waals surface area contributed by atoms with Crippen molar-refractivity contribution in [1.29, 1.82) is 5.26 Å². The van der Waals surface area contributed by atoms with Crippen LogP contribution in [0.4, 0.5) is 5.69 Å². The van der Waals surface area contributed by atoms with Gasteiger partial charge in [0.25, 0.3) is 0 Å². The molecule has 2 aromatic rings. The second-order valence-electron chi connectivity index (χ2n) is 6.14. The predicted octanol–water partition coefficient (Wildman–Crippen LogP) is 3.11. The van der Waals surface area contributed by atoms with Crippen LogP contribution >= 0.6 is 0 Å². The molecule has 0 aliphatic carbocycles. The van der Waals surface area contributed by atoms with Crippen molar-refractivity contribution < 1.29 is 4.79 Å². The lowest BCUT2D eigenvalue weighted by Crippen LogP contribution is -2.37. The number of carbonyl (C=O) groups is 1. The third-order valence-corrected chi connectivity index (χ3v) is 4.37. The molecule has 23 heavy (non-hydrogen) atoms. The molecule has 1 aromatic carbocycles. The third kappa shape index (κ3) is 3.11. The molecule has 1 unspecified atom stereocenters. The standard InChI is InChI=1S/C18H20N4O/c1-13-10-20-22(11-13)17-4-3-7-21(12-17)18-8-15(14(2)23)5-6-16(18)9-19/h5-6,8,10-11,17H,3-4,7,12H2,1-2H3. The molecule has 1 aliphatic rings. The van der Waals surface area contributed by atoms with Gasteiger partial charge in [-0.1, -0.05) is 0 Å². The average molecular weight is 308 g/mol. The third-order valence-electron chi connectivity index (χ3n) is 4.37. The van der Waals surface area contributed by atoms with E-state index in [9.17, 15) is 10.1 Å². The first kappa shape index (κ1) is 15.3. The lowest BCUT2D eigenvalue weighted by atomic mass is 10.0. The summed E-state index contributed by atoms with van der Waals surface area (Å²) in [6, 6.07) is 7.85. The number of benzene rings is 1. The van der Waals surface area contributed by atoms with Crippen molar-refractivity contribution in [2.45, 2.75) is 32.7 Å². The lowest BCUT2D eigenvalue weighted by molar-refractivity contribution is 0.101. The SMILES string of the molecule is CC(=O)c1ccc(C#N)c(N2CCCC(n3cc(C)cn3)C2)c1. The second-order valence-corrected chi connectivity index (χ2v) is 6.14. The van der Waals surface area contributed by atoms with Crippen LogP contribution < -0.4 is 4.90 Å². The average Bonchev–Trinajstić information content (AvgIpc) is 3.01. The Balaban J connectivity index is 1.90. The normalized spacial score (nSPS) is 17.8. The number of ketones is 1. The van der Waals surface area contributed by atoms with Crippen LogP contribution in [-0.2, 0) is 0 Å². The summed E-state index contributed by atoms with van der Waals surface area (Å²) in [4.78, 5) is 13.9. The van der Waals surface area contributed by atoms with Crippen molar-refractivity contribution in [3.63, 3.8) is 0 Å². The Bertz CT molecular complexity index is 772. The summed E-state index contributed by atoms with van der Waals surface area (Å²) < 4.78 is 2.02. The minimum Gasteiger partial charge on any atom is -0.368 e. The molecule has 5 heteroatoms. The second kappa shape index (κ2) is 6.25. The fraction of sp³-hybridized carbons (Fsp3) is 0.389. The van der Waals surface area contributed by atoms with Gasteiger partial charge in [0.05, 0.1) is 23.5 Å². The number of aromatic nitrogens is 2. The van der Waals surface area contributed by atoms with E-state index in [2.05, 4.69) is 22.3 Å². The first-order valence-electron chi connectivity index (χ1n) is 7.89. The van der Waals surface area contributed by atoms with Gasteiger partial charge < -0.3 is 4.90 Å². The Hall–Kier alpha value is -2.61. The maximum atomic E-state index is 11.7. The lowest BCUT2D eigenvalue weighted by Gasteiger charge is -2.35. The summed E-state index contributed by atoms with van der Waals surface area (Å²) in [7, 11) is 0. The first-order chi connectivity index (χ1) is 11.1. The van der Waals surface area contributed by atoms with Crippen molar-refractivity contribution in [2.75, 3.05) is 18.0 Å². The van der Waals surface area contributed by atoms with Gasteiger partial charge in [0.1, 0.15) is 6.07 Å². The van der Waals surface area contributed by atoms with Gasteiger partial charge in [0, 0.05) is 24.8 Å². The molecule has 1 saturated heterocycles. The highest BCUT2D eigenvalue weighted by atomic mass is 16.1. The summed E-state index contributed by atoms with van der Waals surface area (Å²) in [6.07, 6.45) is 6.05. The van der Waals surface area contributed by atoms with E-state index in [4.69, 9.17) is 0 Å². The highest BCUT2D eigenvalue weighted by Gasteiger charge is 2.24. The molecule has 5 nitrogen and oxygen atoms in total. The van der Waals surface area contributed by atoms with E-state index in [-0.39, 0.29) is 5.78 Å². The fourth-order valence-corrected chi connectivity index (χ4v) is 3.13. The minimum absolute atomic E-state index is 0.0204. The van der Waals surface area contributed by atoms with Crippen LogP contribution in [0.5, 0.6) is 0 Å². The number of rotatable bonds is 3. The van der Waals surface area contributed by atoms with Gasteiger partial charge in [0.2, 0.25) is 0 Å². The van der Waals surface area contributed by atoms with Gasteiger partial charge in [-0.25, -0.2) is 0 Å². The van der Waals surface area contributed by atoms with Crippen molar-refractivity contribution >= 4 is 11.5 Å². The fourth-order valence-electron chi connectivity index (χ4n) is 3.13. The van der Waals surface area contributed by atoms with Gasteiger partial charge in [-0.15, -0.1) is 0 Å². The van der Waals surface area contributed by atoms with Gasteiger partial charge in [-0.2, -0.15) is 10.4 Å². The van der Waals surface area contributed by atoms with Crippen LogP contribution in [0, 0.1) is 18.3 Å². The molecule has 2 heterocycles. The van der Waals surface area contributed by atoms with Crippen LogP contribution in [0.1, 0.15) is 47.3 Å². The molecular formula is C18H20N4O. The minimum atomic E-state index is 0.0204. The summed E-state index contributed by atoms with van der Waals surface area (Å²) in [6.45, 7) is 5.29. The van der Waals surface area contributed by atoms with E-state index in [1.165, 1.54) is 0 Å². The number of Topliss-reactive ketones (excluding diaryl/α,β-unsaturated/α-hetero) is 1. The molecule has 1 aromatic heterocycles. The van der Waals surface area contributed by atoms with Crippen LogP contribution in [0.3, 0.4) is 0 Å². The summed E-state index contributed by atoms with van der Waals surface area (Å²) in [5.74, 6) is 0.0204. The molecule has 0 bridgehead atoms. The number of aryl methyl sites for hydroxylation is 1. The molecule has 1 aliphatic heterocycles. The quantitative estimate of drug-likeness (QED) is 0.817. The van der Waals surface area contributed by atoms with E-state index < -0.39 is 0 Å². The zero-order chi connectivity index (χ0) is 16.4. The zero-order valence-electron chi connectivity index (χ0n) is 13.5. The number of carbonyl (C=O) groups excluding carboxylic acids is 1. The Morgan fingerprint density at radius 1 is 1.43 bits per heavy atom. The Morgan fingerprint density at radius 3 is 2.91 bits per heavy atom. The monoisotopic (exact) mass is 308 g/mol. The van der Waals surface area contributed by atoms with Gasteiger partial charge >= 0.3 is 0 Å². The Labute approximate surface area is 136 Å². The smallest absolute Gasteiger partial charge is 0.159 e. The summed E-state index contributed by atoms with van der Waals surface area (Å²) >= 11 is 0. The number of hydrogen-bond donors (Lipinski definition) is 0. The number of piperidine rings is 1. The molecule has 0 spiro atoms. The zero-order valence-corrected chi connectivity index (χ0v) is 13.5. The van der Waals surface area contributed by atoms with E-state index >= 15 is 0 Å². The molecule has 0 N–H and O–H groups in total. The van der Waals surface area contributed by atoms with Gasteiger partial charge in [0.15, 0.2) is 5.78 Å². The summed E-state index contributed by atoms with van der Waals surface area (Å²) in [5, 5.41) is 13.8. The van der Waals surface area contributed by atoms with Crippen LogP contribution in [-0.4, -0.2) is 28.7 Å². The highest BCUT2D eigenvalue weighted by Crippen LogP contribution is 2.29. The van der Waals surface area contributed by atoms with E-state index in [0.717, 1.165) is 37.2 Å². The number of nitrogens with zero attached hydrogens (tertiary/aromatic N) is 4. The maximum Gasteiger partial charge on any atom is 0.159 e. The largest absolute Gasteiger partial charge is 0.368 e. The van der Waals surface area contributed by atoms with E-state index in [1.54, 1.807) is 19.1 Å². The van der Waals surface area contributed by atoms with E-state index in [1.807, 2.05) is 23.9 Å². The molecule has 118 valence electrons. The molecular weight excluding hydrogens is 288 g/mol. The first-order valence-corrected chi connectivity index (χ1v) is 7.89. The Kier molecular flexibility index (Phi) is 4.16. The van der Waals surface area contributed by atoms with Crippen molar-refractivity contribution in [3.8, 4) is 6.07 Å². The molecule has 0 saturated carbocycles. The van der Waals surface area contributed by atoms with Crippen LogP contribution in [0.15, 0.2) is 30.6 Å². The van der Waals surface area contributed by atoms with Crippen molar-refractivity contribution in [3.05, 3.63) is 47.3 Å². The van der Waals surface area contributed by atoms with Gasteiger partial charge in [-0.05, 0) is 50.5 Å². The molecule has 3 rings (SSSR count). The maximum absolute atomic E-state index is 11.7. The summed E-state index contributed by atoms with van der Waals surface area (Å²) in [5.41, 5.74) is 3.27. The predicted molar refractivity (Wildman–Crippen MR) is 88.6 cm³/mol. The molecule has 0 amide bonds. The van der Waals surface area contributed by atoms with Crippen molar-refractivity contribution in [1.82, 2.24) is 9.78 Å². The molecule has 0 radical (unpaired) electrons. The van der Waals surface area contributed by atoms with Crippen molar-refractivity contribution in [2.24, 2.45) is 0 Å². The van der Waals surface area contributed by atoms with E-state index in [0.29, 0.717) is 17.2 Å². The van der Waals surface area contributed by atoms with Crippen LogP contribution in [0.25, 0.3) is 0 Å².